The maximum absolute atomic E-state index is 12.4. The number of rotatable bonds is 4. The summed E-state index contributed by atoms with van der Waals surface area (Å²) in [7, 11) is 1.24. The van der Waals surface area contributed by atoms with Gasteiger partial charge in [0.1, 0.15) is 11.1 Å². The third-order valence-electron chi connectivity index (χ3n) is 3.39. The van der Waals surface area contributed by atoms with Gasteiger partial charge in [-0.3, -0.25) is 4.90 Å². The number of likely N-dealkylation sites (tertiary alicyclic amines) is 1. The normalized spacial score (nSPS) is 25.0. The fourth-order valence-corrected chi connectivity index (χ4v) is 2.69. The lowest BCUT2D eigenvalue weighted by Gasteiger charge is -2.36. The lowest BCUT2D eigenvalue weighted by molar-refractivity contribution is -0.153. The molecule has 0 aromatic rings. The summed E-state index contributed by atoms with van der Waals surface area (Å²) in [5.74, 6) is -0.460. The van der Waals surface area contributed by atoms with E-state index in [-0.39, 0.29) is 25.3 Å². The lowest BCUT2D eigenvalue weighted by Crippen LogP contribution is -2.55. The van der Waals surface area contributed by atoms with E-state index in [1.807, 2.05) is 0 Å². The van der Waals surface area contributed by atoms with Crippen molar-refractivity contribution in [1.29, 1.82) is 0 Å². The summed E-state index contributed by atoms with van der Waals surface area (Å²) < 4.78 is 10.2. The molecule has 1 heterocycles. The van der Waals surface area contributed by atoms with Crippen LogP contribution in [0.2, 0.25) is 0 Å². The van der Waals surface area contributed by atoms with Gasteiger partial charge in [-0.25, -0.2) is 9.59 Å². The van der Waals surface area contributed by atoms with E-state index in [0.29, 0.717) is 5.57 Å². The van der Waals surface area contributed by atoms with Crippen LogP contribution in [-0.2, 0) is 14.3 Å². The number of carbonyl (C=O) groups is 2. The van der Waals surface area contributed by atoms with Crippen molar-refractivity contribution < 1.29 is 24.2 Å². The Bertz CT molecular complexity index is 459. The number of aliphatic hydroxyl groups excluding tert-OH is 1. The Labute approximate surface area is 136 Å². The maximum Gasteiger partial charge on any atom is 0.411 e. The summed E-state index contributed by atoms with van der Waals surface area (Å²) in [5, 5.41) is 9.99. The summed E-state index contributed by atoms with van der Waals surface area (Å²) in [6.45, 7) is 8.98. The molecule has 0 aliphatic carbocycles. The molecule has 126 valence electrons. The fraction of sp³-hybridized carbons (Fsp3) is 0.733. The minimum atomic E-state index is -1.33. The molecule has 1 aliphatic rings. The van der Waals surface area contributed by atoms with Crippen LogP contribution >= 0.6 is 11.6 Å². The van der Waals surface area contributed by atoms with Crippen LogP contribution in [0.15, 0.2) is 12.2 Å². The zero-order valence-electron chi connectivity index (χ0n) is 13.5. The SMILES string of the molecule is C=C(CCl)C[C@]1(C(=O)OC)C[C@@H](O)CN1C(=O)OC(C)(C)C. The first-order valence-corrected chi connectivity index (χ1v) is 7.59. The molecule has 22 heavy (non-hydrogen) atoms. The minimum absolute atomic E-state index is 0.000418. The Balaban J connectivity index is 3.17. The third kappa shape index (κ3) is 4.14. The predicted molar refractivity (Wildman–Crippen MR) is 82.8 cm³/mol. The second-order valence-electron chi connectivity index (χ2n) is 6.53. The van der Waals surface area contributed by atoms with Gasteiger partial charge in [-0.2, -0.15) is 0 Å². The Morgan fingerprint density at radius 1 is 1.45 bits per heavy atom. The number of alkyl halides is 1. The van der Waals surface area contributed by atoms with Crippen LogP contribution in [0.3, 0.4) is 0 Å². The average molecular weight is 334 g/mol. The van der Waals surface area contributed by atoms with Crippen molar-refractivity contribution in [3.05, 3.63) is 12.2 Å². The summed E-state index contributed by atoms with van der Waals surface area (Å²) in [6.07, 6.45) is -1.32. The molecule has 1 saturated heterocycles. The number of amides is 1. The number of β-amino-alcohol motifs (C(OH)–C–C–N with tert-alkyl or cyclic N) is 1. The van der Waals surface area contributed by atoms with Crippen LogP contribution in [0, 0.1) is 0 Å². The smallest absolute Gasteiger partial charge is 0.411 e. The van der Waals surface area contributed by atoms with Crippen LogP contribution in [0.5, 0.6) is 0 Å². The molecule has 0 saturated carbocycles. The second-order valence-corrected chi connectivity index (χ2v) is 6.80. The summed E-state index contributed by atoms with van der Waals surface area (Å²) >= 11 is 5.76. The van der Waals surface area contributed by atoms with Crippen LogP contribution in [0.25, 0.3) is 0 Å². The highest BCUT2D eigenvalue weighted by molar-refractivity contribution is 6.19. The number of halogens is 1. The van der Waals surface area contributed by atoms with Gasteiger partial charge in [-0.05, 0) is 20.8 Å². The Morgan fingerprint density at radius 2 is 2.05 bits per heavy atom. The molecule has 2 atom stereocenters. The minimum Gasteiger partial charge on any atom is -0.467 e. The number of hydrogen-bond acceptors (Lipinski definition) is 5. The van der Waals surface area contributed by atoms with Gasteiger partial charge in [-0.15, -0.1) is 11.6 Å². The van der Waals surface area contributed by atoms with E-state index < -0.39 is 29.3 Å². The van der Waals surface area contributed by atoms with Crippen molar-refractivity contribution in [2.75, 3.05) is 19.5 Å². The molecule has 0 spiro atoms. The Morgan fingerprint density at radius 3 is 2.50 bits per heavy atom. The fourth-order valence-electron chi connectivity index (χ4n) is 2.60. The highest BCUT2D eigenvalue weighted by Crippen LogP contribution is 2.37. The molecular formula is C15H24ClNO5. The van der Waals surface area contributed by atoms with E-state index in [0.717, 1.165) is 0 Å². The van der Waals surface area contributed by atoms with Crippen molar-refractivity contribution in [3.8, 4) is 0 Å². The molecule has 1 N–H and O–H groups in total. The van der Waals surface area contributed by atoms with E-state index in [4.69, 9.17) is 21.1 Å². The summed E-state index contributed by atoms with van der Waals surface area (Å²) in [5.41, 5.74) is -1.46. The first kappa shape index (κ1) is 18.8. The quantitative estimate of drug-likeness (QED) is 0.484. The molecule has 6 nitrogen and oxygen atoms in total. The molecule has 1 aliphatic heterocycles. The number of nitrogens with zero attached hydrogens (tertiary/aromatic N) is 1. The van der Waals surface area contributed by atoms with E-state index >= 15 is 0 Å². The highest BCUT2D eigenvalue weighted by Gasteiger charge is 2.55. The topological polar surface area (TPSA) is 76.1 Å². The van der Waals surface area contributed by atoms with E-state index in [9.17, 15) is 14.7 Å². The van der Waals surface area contributed by atoms with Crippen molar-refractivity contribution >= 4 is 23.7 Å². The van der Waals surface area contributed by atoms with Gasteiger partial charge in [0, 0.05) is 18.7 Å². The molecule has 0 aromatic heterocycles. The number of esters is 1. The second kappa shape index (κ2) is 6.87. The molecular weight excluding hydrogens is 310 g/mol. The summed E-state index contributed by atoms with van der Waals surface area (Å²) in [6, 6.07) is 0. The lowest BCUT2D eigenvalue weighted by atomic mass is 9.88. The molecule has 0 unspecified atom stereocenters. The first-order chi connectivity index (χ1) is 10.1. The number of ether oxygens (including phenoxy) is 2. The van der Waals surface area contributed by atoms with Gasteiger partial charge in [0.25, 0.3) is 0 Å². The van der Waals surface area contributed by atoms with Crippen LogP contribution in [-0.4, -0.2) is 58.8 Å². The molecule has 7 heteroatoms. The average Bonchev–Trinajstić information content (AvgIpc) is 2.73. The van der Waals surface area contributed by atoms with Gasteiger partial charge < -0.3 is 14.6 Å². The van der Waals surface area contributed by atoms with Gasteiger partial charge in [0.2, 0.25) is 0 Å². The van der Waals surface area contributed by atoms with E-state index in [1.165, 1.54) is 12.0 Å². The monoisotopic (exact) mass is 333 g/mol. The first-order valence-electron chi connectivity index (χ1n) is 7.05. The standard InChI is InChI=1S/C15H24ClNO5/c1-10(8-16)6-15(12(19)21-5)7-11(18)9-17(15)13(20)22-14(2,3)4/h11,18H,1,6-9H2,2-5H3/t11-,15-/m1/s1. The molecule has 1 fully saturated rings. The van der Waals surface area contributed by atoms with Gasteiger partial charge in [-0.1, -0.05) is 12.2 Å². The zero-order valence-corrected chi connectivity index (χ0v) is 14.3. The van der Waals surface area contributed by atoms with Crippen molar-refractivity contribution in [2.45, 2.75) is 50.9 Å². The third-order valence-corrected chi connectivity index (χ3v) is 3.77. The van der Waals surface area contributed by atoms with Crippen LogP contribution in [0.4, 0.5) is 4.79 Å². The Kier molecular flexibility index (Phi) is 5.87. The molecule has 1 rings (SSSR count). The van der Waals surface area contributed by atoms with Crippen LogP contribution < -0.4 is 0 Å². The number of methoxy groups -OCH3 is 1. The van der Waals surface area contributed by atoms with Crippen molar-refractivity contribution in [3.63, 3.8) is 0 Å². The van der Waals surface area contributed by atoms with E-state index in [1.54, 1.807) is 20.8 Å². The molecule has 1 amide bonds. The molecule has 0 bridgehead atoms. The van der Waals surface area contributed by atoms with Crippen LogP contribution in [0.1, 0.15) is 33.6 Å². The molecule has 0 radical (unpaired) electrons. The van der Waals surface area contributed by atoms with Gasteiger partial charge in [0.15, 0.2) is 0 Å². The largest absolute Gasteiger partial charge is 0.467 e. The van der Waals surface area contributed by atoms with E-state index in [2.05, 4.69) is 6.58 Å². The van der Waals surface area contributed by atoms with Crippen molar-refractivity contribution in [2.24, 2.45) is 0 Å². The zero-order chi connectivity index (χ0) is 17.1. The maximum atomic E-state index is 12.4. The predicted octanol–water partition coefficient (Wildman–Crippen LogP) is 2.08. The van der Waals surface area contributed by atoms with Gasteiger partial charge in [0.05, 0.1) is 19.8 Å². The Hall–Kier alpha value is -1.27. The molecule has 0 aromatic carbocycles. The number of aliphatic hydroxyl groups is 1. The van der Waals surface area contributed by atoms with Crippen molar-refractivity contribution in [1.82, 2.24) is 4.90 Å². The highest BCUT2D eigenvalue weighted by atomic mass is 35.5. The number of hydrogen-bond donors (Lipinski definition) is 1. The summed E-state index contributed by atoms with van der Waals surface area (Å²) in [4.78, 5) is 26.0. The number of carbonyl (C=O) groups excluding carboxylic acids is 2. The van der Waals surface area contributed by atoms with Gasteiger partial charge >= 0.3 is 12.1 Å².